The molecule has 5 aromatic rings. The highest BCUT2D eigenvalue weighted by Gasteiger charge is 2.25. The van der Waals surface area contributed by atoms with E-state index in [0.29, 0.717) is 13.2 Å². The van der Waals surface area contributed by atoms with E-state index in [1.165, 1.54) is 6.07 Å². The quantitative estimate of drug-likeness (QED) is 0.229. The molecule has 7 heteroatoms. The molecule has 6 rings (SSSR count). The Morgan fingerprint density at radius 2 is 1.88 bits per heavy atom. The lowest BCUT2D eigenvalue weighted by Crippen LogP contribution is -2.29. The molecule has 0 saturated carbocycles. The molecule has 202 valence electrons. The molecular formula is C33H31FN4O2. The van der Waals surface area contributed by atoms with Gasteiger partial charge in [-0.3, -0.25) is 4.79 Å². The van der Waals surface area contributed by atoms with Crippen LogP contribution in [0.3, 0.4) is 0 Å². The Bertz CT molecular complexity index is 1630. The third-order valence-electron chi connectivity index (χ3n) is 7.34. The van der Waals surface area contributed by atoms with Gasteiger partial charge in [-0.05, 0) is 59.7 Å². The smallest absolute Gasteiger partial charge is 0.238 e. The number of aromatic nitrogens is 2. The van der Waals surface area contributed by atoms with Crippen LogP contribution in [0.2, 0.25) is 0 Å². The van der Waals surface area contributed by atoms with Crippen molar-refractivity contribution in [1.82, 2.24) is 14.9 Å². The van der Waals surface area contributed by atoms with Crippen molar-refractivity contribution in [3.63, 3.8) is 0 Å². The number of hydrogen-bond donors (Lipinski definition) is 2. The summed E-state index contributed by atoms with van der Waals surface area (Å²) in [6, 6.07) is 28.6. The van der Waals surface area contributed by atoms with Gasteiger partial charge in [-0.15, -0.1) is 0 Å². The zero-order chi connectivity index (χ0) is 27.3. The summed E-state index contributed by atoms with van der Waals surface area (Å²) in [6.07, 6.45) is 4.69. The van der Waals surface area contributed by atoms with Crippen LogP contribution in [-0.2, 0) is 24.4 Å². The van der Waals surface area contributed by atoms with Crippen LogP contribution < -0.4 is 15.4 Å². The predicted octanol–water partition coefficient (Wildman–Crippen LogP) is 6.41. The third-order valence-corrected chi connectivity index (χ3v) is 7.34. The number of aryl methyl sites for hydroxylation is 1. The zero-order valence-corrected chi connectivity index (χ0v) is 22.1. The van der Waals surface area contributed by atoms with E-state index in [0.717, 1.165) is 64.1 Å². The van der Waals surface area contributed by atoms with Crippen LogP contribution in [0.15, 0.2) is 97.2 Å². The van der Waals surface area contributed by atoms with Gasteiger partial charge in [0.1, 0.15) is 24.0 Å². The largest absolute Gasteiger partial charge is 0.489 e. The fraction of sp³-hybridized carbons (Fsp3) is 0.212. The average Bonchev–Trinajstić information content (AvgIpc) is 3.40. The van der Waals surface area contributed by atoms with Crippen molar-refractivity contribution in [2.75, 3.05) is 11.9 Å². The molecule has 1 unspecified atom stereocenters. The van der Waals surface area contributed by atoms with Crippen LogP contribution in [0.25, 0.3) is 10.8 Å². The van der Waals surface area contributed by atoms with E-state index in [-0.39, 0.29) is 24.3 Å². The summed E-state index contributed by atoms with van der Waals surface area (Å²) in [5, 5.41) is 8.26. The fourth-order valence-electron chi connectivity index (χ4n) is 5.44. The second-order valence-electron chi connectivity index (χ2n) is 10.1. The van der Waals surface area contributed by atoms with E-state index < -0.39 is 0 Å². The van der Waals surface area contributed by atoms with E-state index >= 15 is 0 Å². The maximum atomic E-state index is 13.9. The van der Waals surface area contributed by atoms with Crippen LogP contribution in [0, 0.1) is 5.82 Å². The molecule has 0 saturated heterocycles. The van der Waals surface area contributed by atoms with Gasteiger partial charge < -0.3 is 19.9 Å². The van der Waals surface area contributed by atoms with E-state index in [1.54, 1.807) is 12.1 Å². The number of ether oxygens (including phenoxy) is 1. The molecule has 4 aromatic carbocycles. The molecule has 1 amide bonds. The summed E-state index contributed by atoms with van der Waals surface area (Å²) >= 11 is 0. The predicted molar refractivity (Wildman–Crippen MR) is 155 cm³/mol. The SMILES string of the molecule is O=C(CNCc1cnc2n1C(c1cccc(F)c1)CCC2)Nc1cccc2ccc(OCc3ccccc3)cc12. The molecule has 1 aliphatic rings. The molecule has 0 radical (unpaired) electrons. The summed E-state index contributed by atoms with van der Waals surface area (Å²) in [4.78, 5) is 17.5. The van der Waals surface area contributed by atoms with Crippen molar-refractivity contribution in [1.29, 1.82) is 0 Å². The number of rotatable bonds is 9. The highest BCUT2D eigenvalue weighted by molar-refractivity contribution is 6.03. The van der Waals surface area contributed by atoms with Gasteiger partial charge in [0.05, 0.1) is 18.3 Å². The number of hydrogen-bond acceptors (Lipinski definition) is 4. The minimum Gasteiger partial charge on any atom is -0.489 e. The topological polar surface area (TPSA) is 68.2 Å². The molecule has 0 bridgehead atoms. The Kier molecular flexibility index (Phi) is 7.55. The number of carbonyl (C=O) groups is 1. The first kappa shape index (κ1) is 25.8. The molecular weight excluding hydrogens is 503 g/mol. The fourth-order valence-corrected chi connectivity index (χ4v) is 5.44. The van der Waals surface area contributed by atoms with Gasteiger partial charge in [-0.1, -0.05) is 60.7 Å². The number of nitrogens with one attached hydrogen (secondary N) is 2. The van der Waals surface area contributed by atoms with E-state index in [2.05, 4.69) is 20.2 Å². The van der Waals surface area contributed by atoms with Crippen LogP contribution in [0.5, 0.6) is 5.75 Å². The van der Waals surface area contributed by atoms with Crippen LogP contribution in [0.1, 0.15) is 41.5 Å². The highest BCUT2D eigenvalue weighted by Crippen LogP contribution is 2.32. The number of amides is 1. The minimum absolute atomic E-state index is 0.0431. The van der Waals surface area contributed by atoms with Gasteiger partial charge in [0.25, 0.3) is 0 Å². The molecule has 40 heavy (non-hydrogen) atoms. The van der Waals surface area contributed by atoms with Crippen LogP contribution in [0.4, 0.5) is 10.1 Å². The average molecular weight is 535 g/mol. The van der Waals surface area contributed by atoms with Crippen molar-refractivity contribution in [3.05, 3.63) is 126 Å². The van der Waals surface area contributed by atoms with Gasteiger partial charge in [0, 0.05) is 30.2 Å². The number of nitrogens with zero attached hydrogens (tertiary/aromatic N) is 2. The summed E-state index contributed by atoms with van der Waals surface area (Å²) in [6.45, 7) is 1.11. The first-order valence-corrected chi connectivity index (χ1v) is 13.6. The Hall–Kier alpha value is -4.49. The van der Waals surface area contributed by atoms with Crippen molar-refractivity contribution >= 4 is 22.4 Å². The third kappa shape index (κ3) is 5.75. The van der Waals surface area contributed by atoms with Crippen LogP contribution in [-0.4, -0.2) is 22.0 Å². The lowest BCUT2D eigenvalue weighted by Gasteiger charge is -2.28. The Labute approximate surface area is 232 Å². The number of imidazole rings is 1. The number of anilines is 1. The zero-order valence-electron chi connectivity index (χ0n) is 22.1. The van der Waals surface area contributed by atoms with Gasteiger partial charge >= 0.3 is 0 Å². The molecule has 0 aliphatic carbocycles. The summed E-state index contributed by atoms with van der Waals surface area (Å²) in [7, 11) is 0. The second-order valence-corrected chi connectivity index (χ2v) is 10.1. The van der Waals surface area contributed by atoms with Crippen molar-refractivity contribution in [2.45, 2.75) is 38.5 Å². The molecule has 2 heterocycles. The monoisotopic (exact) mass is 534 g/mol. The summed E-state index contributed by atoms with van der Waals surface area (Å²) in [5.74, 6) is 1.38. The maximum absolute atomic E-state index is 13.9. The van der Waals surface area contributed by atoms with Crippen molar-refractivity contribution in [2.24, 2.45) is 0 Å². The Balaban J connectivity index is 1.10. The summed E-state index contributed by atoms with van der Waals surface area (Å²) in [5.41, 5.74) is 3.77. The Morgan fingerprint density at radius 3 is 2.75 bits per heavy atom. The van der Waals surface area contributed by atoms with Gasteiger partial charge in [0.15, 0.2) is 0 Å². The first-order valence-electron chi connectivity index (χ1n) is 13.6. The molecule has 0 spiro atoms. The van der Waals surface area contributed by atoms with E-state index in [9.17, 15) is 9.18 Å². The minimum atomic E-state index is -0.232. The molecule has 1 aliphatic heterocycles. The van der Waals surface area contributed by atoms with E-state index in [1.807, 2.05) is 79.0 Å². The van der Waals surface area contributed by atoms with Crippen molar-refractivity contribution < 1.29 is 13.9 Å². The number of benzene rings is 4. The lowest BCUT2D eigenvalue weighted by molar-refractivity contribution is -0.115. The number of halogens is 1. The maximum Gasteiger partial charge on any atom is 0.238 e. The second kappa shape index (κ2) is 11.7. The lowest BCUT2D eigenvalue weighted by atomic mass is 9.97. The molecule has 6 nitrogen and oxygen atoms in total. The normalized spacial score (nSPS) is 14.6. The molecule has 2 N–H and O–H groups in total. The van der Waals surface area contributed by atoms with Gasteiger partial charge in [0.2, 0.25) is 5.91 Å². The molecule has 1 aromatic heterocycles. The van der Waals surface area contributed by atoms with E-state index in [4.69, 9.17) is 4.74 Å². The number of carbonyl (C=O) groups excluding carboxylic acids is 1. The molecule has 0 fully saturated rings. The number of fused-ring (bicyclic) bond motifs is 2. The van der Waals surface area contributed by atoms with Gasteiger partial charge in [-0.25, -0.2) is 9.37 Å². The standard InChI is InChI=1S/C33H31FN4O2/c34-26-11-4-10-25(17-26)31-13-6-14-32-36-20-27(38(31)32)19-35-21-33(39)37-30-12-5-9-24-15-16-28(18-29(24)30)40-22-23-7-2-1-3-8-23/h1-5,7-12,15-18,20,31,35H,6,13-14,19,21-22H2,(H,37,39). The highest BCUT2D eigenvalue weighted by atomic mass is 19.1. The Morgan fingerprint density at radius 1 is 1.00 bits per heavy atom. The molecule has 1 atom stereocenters. The van der Waals surface area contributed by atoms with Gasteiger partial charge in [-0.2, -0.15) is 0 Å². The van der Waals surface area contributed by atoms with Crippen LogP contribution >= 0.6 is 0 Å². The first-order chi connectivity index (χ1) is 19.6. The van der Waals surface area contributed by atoms with Crippen molar-refractivity contribution in [3.8, 4) is 5.75 Å². The summed E-state index contributed by atoms with van der Waals surface area (Å²) < 4.78 is 22.1.